The van der Waals surface area contributed by atoms with Gasteiger partial charge in [-0.1, -0.05) is 54.6 Å². The summed E-state index contributed by atoms with van der Waals surface area (Å²) in [5.74, 6) is 0.682. The Balaban J connectivity index is 1.38. The molecule has 0 saturated heterocycles. The van der Waals surface area contributed by atoms with Crippen LogP contribution in [0.1, 0.15) is 17.5 Å². The molecule has 0 atom stereocenters. The third-order valence-corrected chi connectivity index (χ3v) is 7.19. The Bertz CT molecular complexity index is 1670. The summed E-state index contributed by atoms with van der Waals surface area (Å²) >= 11 is 0. The molecule has 0 unspecified atom stereocenters. The van der Waals surface area contributed by atoms with Gasteiger partial charge in [-0.15, -0.1) is 0 Å². The maximum Gasteiger partial charge on any atom is 0.332 e. The largest absolute Gasteiger partial charge is 0.332 e. The van der Waals surface area contributed by atoms with Gasteiger partial charge in [0, 0.05) is 46.5 Å². The molecule has 0 aliphatic carbocycles. The van der Waals surface area contributed by atoms with E-state index in [2.05, 4.69) is 45.9 Å². The maximum atomic E-state index is 13.0. The Labute approximate surface area is 202 Å². The fraction of sp³-hybridized carbons (Fsp3) is 0.296. The van der Waals surface area contributed by atoms with Gasteiger partial charge >= 0.3 is 5.69 Å². The van der Waals surface area contributed by atoms with Crippen LogP contribution in [0.5, 0.6) is 0 Å². The summed E-state index contributed by atoms with van der Waals surface area (Å²) in [5, 5.41) is 0. The predicted molar refractivity (Wildman–Crippen MR) is 137 cm³/mol. The van der Waals surface area contributed by atoms with Gasteiger partial charge in [0.05, 0.1) is 5.69 Å². The first kappa shape index (κ1) is 21.6. The van der Waals surface area contributed by atoms with Crippen LogP contribution in [0.4, 0.5) is 0 Å². The lowest BCUT2D eigenvalue weighted by Crippen LogP contribution is -2.37. The Morgan fingerprint density at radius 1 is 0.886 bits per heavy atom. The van der Waals surface area contributed by atoms with Crippen molar-refractivity contribution in [2.75, 3.05) is 13.1 Å². The first-order chi connectivity index (χ1) is 17.0. The molecule has 0 fully saturated rings. The summed E-state index contributed by atoms with van der Waals surface area (Å²) in [5.41, 5.74) is 5.08. The summed E-state index contributed by atoms with van der Waals surface area (Å²) in [6, 6.07) is 18.9. The van der Waals surface area contributed by atoms with E-state index in [9.17, 15) is 9.59 Å². The summed E-state index contributed by atoms with van der Waals surface area (Å²) in [6.07, 6.45) is 4.01. The van der Waals surface area contributed by atoms with E-state index in [1.807, 2.05) is 28.8 Å². The topological polar surface area (TPSA) is 69.5 Å². The molecule has 0 spiro atoms. The average Bonchev–Trinajstić information content (AvgIpc) is 3.43. The van der Waals surface area contributed by atoms with Gasteiger partial charge in [-0.2, -0.15) is 4.98 Å². The van der Waals surface area contributed by atoms with Crippen molar-refractivity contribution < 1.29 is 0 Å². The monoisotopic (exact) mass is 468 g/mol. The Morgan fingerprint density at radius 2 is 1.63 bits per heavy atom. The van der Waals surface area contributed by atoms with Gasteiger partial charge in [-0.05, 0) is 29.5 Å². The fourth-order valence-corrected chi connectivity index (χ4v) is 5.27. The molecule has 35 heavy (non-hydrogen) atoms. The Hall–Kier alpha value is -3.91. The number of hydrogen-bond acceptors (Lipinski definition) is 4. The molecule has 0 amide bonds. The van der Waals surface area contributed by atoms with E-state index >= 15 is 0 Å². The van der Waals surface area contributed by atoms with Gasteiger partial charge < -0.3 is 4.57 Å². The molecule has 6 rings (SSSR count). The highest BCUT2D eigenvalue weighted by Crippen LogP contribution is 2.26. The molecule has 8 nitrogen and oxygen atoms in total. The number of nitrogens with zero attached hydrogens (tertiary/aromatic N) is 6. The number of aryl methyl sites for hydroxylation is 2. The van der Waals surface area contributed by atoms with Gasteiger partial charge in [-0.25, -0.2) is 4.79 Å². The van der Waals surface area contributed by atoms with Crippen LogP contribution in [-0.4, -0.2) is 41.1 Å². The van der Waals surface area contributed by atoms with Crippen molar-refractivity contribution in [1.82, 2.24) is 28.0 Å². The third kappa shape index (κ3) is 3.52. The molecule has 0 radical (unpaired) electrons. The zero-order valence-electron chi connectivity index (χ0n) is 20.0. The summed E-state index contributed by atoms with van der Waals surface area (Å²) < 4.78 is 6.61. The van der Waals surface area contributed by atoms with Crippen LogP contribution in [0.2, 0.25) is 0 Å². The molecular formula is C27H28N6O2. The molecule has 2 aromatic carbocycles. The minimum Gasteiger partial charge on any atom is -0.310 e. The number of aromatic nitrogens is 5. The number of hydrogen-bond donors (Lipinski definition) is 0. The molecule has 1 aliphatic rings. The summed E-state index contributed by atoms with van der Waals surface area (Å²) in [7, 11) is 3.17. The van der Waals surface area contributed by atoms with Crippen molar-refractivity contribution in [3.05, 3.63) is 92.8 Å². The number of benzene rings is 2. The van der Waals surface area contributed by atoms with E-state index in [0.29, 0.717) is 16.9 Å². The van der Waals surface area contributed by atoms with Crippen molar-refractivity contribution >= 4 is 16.9 Å². The number of rotatable bonds is 5. The second-order valence-corrected chi connectivity index (χ2v) is 9.34. The highest BCUT2D eigenvalue weighted by Gasteiger charge is 2.21. The Kier molecular flexibility index (Phi) is 5.18. The van der Waals surface area contributed by atoms with Crippen LogP contribution in [-0.2, 0) is 33.6 Å². The van der Waals surface area contributed by atoms with Crippen LogP contribution in [0.3, 0.4) is 0 Å². The lowest BCUT2D eigenvalue weighted by molar-refractivity contribution is 0.247. The van der Waals surface area contributed by atoms with Crippen molar-refractivity contribution in [3.63, 3.8) is 0 Å². The van der Waals surface area contributed by atoms with E-state index in [-0.39, 0.29) is 11.2 Å². The summed E-state index contributed by atoms with van der Waals surface area (Å²) in [4.78, 5) is 32.8. The molecule has 1 aliphatic heterocycles. The summed E-state index contributed by atoms with van der Waals surface area (Å²) in [6.45, 7) is 3.78. The van der Waals surface area contributed by atoms with Crippen LogP contribution in [0.25, 0.3) is 28.2 Å². The van der Waals surface area contributed by atoms with Crippen molar-refractivity contribution in [1.29, 1.82) is 0 Å². The molecular weight excluding hydrogens is 440 g/mol. The van der Waals surface area contributed by atoms with E-state index in [0.717, 1.165) is 54.8 Å². The zero-order valence-corrected chi connectivity index (χ0v) is 20.0. The van der Waals surface area contributed by atoms with Crippen molar-refractivity contribution in [2.24, 2.45) is 14.1 Å². The van der Waals surface area contributed by atoms with E-state index in [4.69, 9.17) is 4.98 Å². The van der Waals surface area contributed by atoms with Crippen LogP contribution < -0.4 is 11.2 Å². The first-order valence-electron chi connectivity index (χ1n) is 12.0. The lowest BCUT2D eigenvalue weighted by atomic mass is 10.00. The smallest absolute Gasteiger partial charge is 0.310 e. The van der Waals surface area contributed by atoms with Gasteiger partial charge in [0.15, 0.2) is 11.2 Å². The maximum absolute atomic E-state index is 13.0. The molecule has 8 heteroatoms. The van der Waals surface area contributed by atoms with Gasteiger partial charge in [-0.3, -0.25) is 23.2 Å². The average molecular weight is 469 g/mol. The fourth-order valence-electron chi connectivity index (χ4n) is 5.27. The van der Waals surface area contributed by atoms with Crippen LogP contribution in [0, 0.1) is 0 Å². The molecule has 0 N–H and O–H groups in total. The molecule has 178 valence electrons. The second-order valence-electron chi connectivity index (χ2n) is 9.34. The molecule has 3 aromatic heterocycles. The van der Waals surface area contributed by atoms with Crippen molar-refractivity contribution in [2.45, 2.75) is 25.9 Å². The minimum absolute atomic E-state index is 0.334. The SMILES string of the molecule is Cn1c(=O)c2c(nc3n(CCCN4CCc5ccccc5C4)c(-c4ccccc4)cn23)n(C)c1=O. The molecule has 4 heterocycles. The van der Waals surface area contributed by atoms with Crippen LogP contribution in [0.15, 0.2) is 70.4 Å². The van der Waals surface area contributed by atoms with Crippen LogP contribution >= 0.6 is 0 Å². The third-order valence-electron chi connectivity index (χ3n) is 7.19. The first-order valence-corrected chi connectivity index (χ1v) is 12.0. The minimum atomic E-state index is -0.372. The van der Waals surface area contributed by atoms with Gasteiger partial charge in [0.1, 0.15) is 0 Å². The van der Waals surface area contributed by atoms with E-state index < -0.39 is 0 Å². The predicted octanol–water partition coefficient (Wildman–Crippen LogP) is 2.80. The zero-order chi connectivity index (χ0) is 24.1. The normalized spacial score (nSPS) is 14.1. The number of fused-ring (bicyclic) bond motifs is 4. The van der Waals surface area contributed by atoms with Gasteiger partial charge in [0.25, 0.3) is 5.56 Å². The quantitative estimate of drug-likeness (QED) is 0.398. The van der Waals surface area contributed by atoms with E-state index in [1.54, 1.807) is 7.05 Å². The standard InChI is InChI=1S/C27H28N6O2/c1-29-24-23(25(34)30(2)27(29)35)33-18-22(20-10-4-3-5-11-20)32(26(33)28-24)15-8-14-31-16-13-19-9-6-7-12-21(19)17-31/h3-7,9-12,18H,8,13-17H2,1-2H3. The molecule has 0 bridgehead atoms. The number of imidazole rings is 2. The second kappa shape index (κ2) is 8.39. The lowest BCUT2D eigenvalue weighted by Gasteiger charge is -2.28. The van der Waals surface area contributed by atoms with Gasteiger partial charge in [0.2, 0.25) is 5.78 Å². The Morgan fingerprint density at radius 3 is 2.43 bits per heavy atom. The highest BCUT2D eigenvalue weighted by atomic mass is 16.2. The van der Waals surface area contributed by atoms with Crippen molar-refractivity contribution in [3.8, 4) is 11.3 Å². The highest BCUT2D eigenvalue weighted by molar-refractivity contribution is 5.78. The molecule has 0 saturated carbocycles. The van der Waals surface area contributed by atoms with E-state index in [1.165, 1.54) is 22.7 Å². The molecule has 5 aromatic rings.